The number of aromatic nitrogens is 1. The van der Waals surface area contributed by atoms with Gasteiger partial charge in [0.05, 0.1) is 0 Å². The predicted octanol–water partition coefficient (Wildman–Crippen LogP) is 2.88. The lowest BCUT2D eigenvalue weighted by Crippen LogP contribution is -2.26. The van der Waals surface area contributed by atoms with Gasteiger partial charge in [-0.3, -0.25) is 4.98 Å². The number of nitrogens with one attached hydrogen (secondary N) is 1. The van der Waals surface area contributed by atoms with Crippen molar-refractivity contribution >= 4 is 26.0 Å². The highest BCUT2D eigenvalue weighted by molar-refractivity contribution is 9.10. The molecular formula is C13H13BrN2O2S. The molecule has 0 aliphatic rings. The van der Waals surface area contributed by atoms with E-state index in [1.165, 1.54) is 18.5 Å². The van der Waals surface area contributed by atoms with Gasteiger partial charge in [-0.05, 0) is 36.8 Å². The molecule has 6 heteroatoms. The number of hydrogen-bond donors (Lipinski definition) is 1. The second-order valence-corrected chi connectivity index (χ2v) is 6.71. The van der Waals surface area contributed by atoms with Crippen LogP contribution in [0, 0.1) is 0 Å². The molecule has 1 atom stereocenters. The highest BCUT2D eigenvalue weighted by Crippen LogP contribution is 2.18. The Bertz CT molecular complexity index is 642. The molecule has 1 unspecified atom stereocenters. The molecule has 0 saturated carbocycles. The Labute approximate surface area is 121 Å². The molecule has 4 nitrogen and oxygen atoms in total. The molecule has 19 heavy (non-hydrogen) atoms. The van der Waals surface area contributed by atoms with E-state index >= 15 is 0 Å². The van der Waals surface area contributed by atoms with Crippen LogP contribution in [-0.4, -0.2) is 13.4 Å². The van der Waals surface area contributed by atoms with Crippen LogP contribution in [0.4, 0.5) is 0 Å². The van der Waals surface area contributed by atoms with Crippen LogP contribution in [0.25, 0.3) is 0 Å². The van der Waals surface area contributed by atoms with E-state index in [1.54, 1.807) is 13.0 Å². The van der Waals surface area contributed by atoms with Crippen molar-refractivity contribution in [3.05, 3.63) is 58.8 Å². The summed E-state index contributed by atoms with van der Waals surface area (Å²) in [4.78, 5) is 3.98. The van der Waals surface area contributed by atoms with E-state index in [1.807, 2.05) is 24.3 Å². The van der Waals surface area contributed by atoms with Gasteiger partial charge in [0.2, 0.25) is 10.0 Å². The molecule has 0 fully saturated rings. The van der Waals surface area contributed by atoms with Gasteiger partial charge in [0.15, 0.2) is 0 Å². The Morgan fingerprint density at radius 1 is 1.21 bits per heavy atom. The van der Waals surface area contributed by atoms with Crippen molar-refractivity contribution < 1.29 is 8.42 Å². The highest BCUT2D eigenvalue weighted by Gasteiger charge is 2.18. The van der Waals surface area contributed by atoms with E-state index in [-0.39, 0.29) is 10.9 Å². The molecule has 0 spiro atoms. The maximum absolute atomic E-state index is 12.1. The molecule has 1 aromatic carbocycles. The lowest BCUT2D eigenvalue weighted by atomic mass is 10.1. The summed E-state index contributed by atoms with van der Waals surface area (Å²) >= 11 is 3.35. The Balaban J connectivity index is 2.19. The van der Waals surface area contributed by atoms with Crippen molar-refractivity contribution in [2.75, 3.05) is 0 Å². The van der Waals surface area contributed by atoms with Gasteiger partial charge in [0.25, 0.3) is 0 Å². The molecule has 100 valence electrons. The van der Waals surface area contributed by atoms with Crippen LogP contribution < -0.4 is 4.72 Å². The van der Waals surface area contributed by atoms with Gasteiger partial charge in [-0.1, -0.05) is 28.1 Å². The van der Waals surface area contributed by atoms with Crippen LogP contribution in [0.3, 0.4) is 0 Å². The third kappa shape index (κ3) is 3.62. The SMILES string of the molecule is CC(NS(=O)(=O)c1cccnc1)c1ccc(Br)cc1. The van der Waals surface area contributed by atoms with Crippen LogP contribution in [-0.2, 0) is 10.0 Å². The van der Waals surface area contributed by atoms with Crippen molar-refractivity contribution in [1.82, 2.24) is 9.71 Å². The Morgan fingerprint density at radius 2 is 1.89 bits per heavy atom. The Morgan fingerprint density at radius 3 is 2.47 bits per heavy atom. The highest BCUT2D eigenvalue weighted by atomic mass is 79.9. The summed E-state index contributed by atoms with van der Waals surface area (Å²) in [5.41, 5.74) is 0.899. The minimum atomic E-state index is -3.54. The summed E-state index contributed by atoms with van der Waals surface area (Å²) in [7, 11) is -3.54. The van der Waals surface area contributed by atoms with Crippen molar-refractivity contribution in [2.24, 2.45) is 0 Å². The maximum Gasteiger partial charge on any atom is 0.242 e. The third-order valence-corrected chi connectivity index (χ3v) is 4.70. The number of benzene rings is 1. The smallest absolute Gasteiger partial charge is 0.242 e. The second kappa shape index (κ2) is 5.81. The van der Waals surface area contributed by atoms with Crippen LogP contribution >= 0.6 is 15.9 Å². The first-order valence-corrected chi connectivity index (χ1v) is 7.94. The fourth-order valence-electron chi connectivity index (χ4n) is 1.63. The maximum atomic E-state index is 12.1. The monoisotopic (exact) mass is 340 g/mol. The van der Waals surface area contributed by atoms with Gasteiger partial charge < -0.3 is 0 Å². The van der Waals surface area contributed by atoms with Gasteiger partial charge >= 0.3 is 0 Å². The largest absolute Gasteiger partial charge is 0.263 e. The molecule has 0 saturated heterocycles. The number of halogens is 1. The molecule has 2 aromatic rings. The number of rotatable bonds is 4. The zero-order valence-electron chi connectivity index (χ0n) is 10.2. The van der Waals surface area contributed by atoms with Gasteiger partial charge in [-0.25, -0.2) is 13.1 Å². The van der Waals surface area contributed by atoms with Crippen LogP contribution in [0.5, 0.6) is 0 Å². The summed E-state index contributed by atoms with van der Waals surface area (Å²) < 4.78 is 27.8. The number of sulfonamides is 1. The number of hydrogen-bond acceptors (Lipinski definition) is 3. The summed E-state index contributed by atoms with van der Waals surface area (Å²) in [6, 6.07) is 10.3. The Kier molecular flexibility index (Phi) is 4.34. The average Bonchev–Trinajstić information content (AvgIpc) is 2.40. The van der Waals surface area contributed by atoms with Crippen molar-refractivity contribution in [3.63, 3.8) is 0 Å². The topological polar surface area (TPSA) is 59.1 Å². The zero-order valence-corrected chi connectivity index (χ0v) is 12.6. The predicted molar refractivity (Wildman–Crippen MR) is 77.1 cm³/mol. The number of pyridine rings is 1. The van der Waals surface area contributed by atoms with E-state index in [2.05, 4.69) is 25.6 Å². The van der Waals surface area contributed by atoms with Crippen LogP contribution in [0.15, 0.2) is 58.2 Å². The molecule has 0 amide bonds. The standard InChI is InChI=1S/C13H13BrN2O2S/c1-10(11-4-6-12(14)7-5-11)16-19(17,18)13-3-2-8-15-9-13/h2-10,16H,1H3. The average molecular weight is 341 g/mol. The fraction of sp³-hybridized carbons (Fsp3) is 0.154. The first-order chi connectivity index (χ1) is 8.99. The molecule has 0 aliphatic carbocycles. The molecule has 1 N–H and O–H groups in total. The van der Waals surface area contributed by atoms with E-state index in [0.717, 1.165) is 10.0 Å². The van der Waals surface area contributed by atoms with Crippen molar-refractivity contribution in [3.8, 4) is 0 Å². The van der Waals surface area contributed by atoms with Crippen molar-refractivity contribution in [2.45, 2.75) is 17.9 Å². The van der Waals surface area contributed by atoms with E-state index in [9.17, 15) is 8.42 Å². The van der Waals surface area contributed by atoms with E-state index in [0.29, 0.717) is 0 Å². The van der Waals surface area contributed by atoms with Gasteiger partial charge in [0, 0.05) is 22.9 Å². The Hall–Kier alpha value is -1.24. The molecule has 0 radical (unpaired) electrons. The molecule has 0 aliphatic heterocycles. The summed E-state index contributed by atoms with van der Waals surface area (Å²) in [6.07, 6.45) is 2.87. The van der Waals surface area contributed by atoms with Gasteiger partial charge in [0.1, 0.15) is 4.90 Å². The van der Waals surface area contributed by atoms with E-state index < -0.39 is 10.0 Å². The van der Waals surface area contributed by atoms with Gasteiger partial charge in [-0.15, -0.1) is 0 Å². The first-order valence-electron chi connectivity index (χ1n) is 5.67. The minimum Gasteiger partial charge on any atom is -0.263 e. The summed E-state index contributed by atoms with van der Waals surface area (Å²) in [5.74, 6) is 0. The lowest BCUT2D eigenvalue weighted by Gasteiger charge is -2.14. The molecule has 1 aromatic heterocycles. The molecular weight excluding hydrogens is 328 g/mol. The minimum absolute atomic E-state index is 0.166. The van der Waals surface area contributed by atoms with Crippen molar-refractivity contribution in [1.29, 1.82) is 0 Å². The quantitative estimate of drug-likeness (QED) is 0.930. The summed E-state index contributed by atoms with van der Waals surface area (Å²) in [5, 5.41) is 0. The lowest BCUT2D eigenvalue weighted by molar-refractivity contribution is 0.566. The normalized spacial score (nSPS) is 13.2. The third-order valence-electron chi connectivity index (χ3n) is 2.65. The first kappa shape index (κ1) is 14.2. The fourth-order valence-corrected chi connectivity index (χ4v) is 3.09. The summed E-state index contributed by atoms with van der Waals surface area (Å²) in [6.45, 7) is 1.80. The second-order valence-electron chi connectivity index (χ2n) is 4.08. The zero-order chi connectivity index (χ0) is 13.9. The molecule has 1 heterocycles. The van der Waals surface area contributed by atoms with Crippen LogP contribution in [0.2, 0.25) is 0 Å². The molecule has 2 rings (SSSR count). The number of nitrogens with zero attached hydrogens (tertiary/aromatic N) is 1. The molecule has 0 bridgehead atoms. The van der Waals surface area contributed by atoms with E-state index in [4.69, 9.17) is 0 Å². The van der Waals surface area contributed by atoms with Gasteiger partial charge in [-0.2, -0.15) is 0 Å². The van der Waals surface area contributed by atoms with Crippen LogP contribution in [0.1, 0.15) is 18.5 Å².